The zero-order chi connectivity index (χ0) is 13.1. The van der Waals surface area contributed by atoms with E-state index in [9.17, 15) is 0 Å². The van der Waals surface area contributed by atoms with Gasteiger partial charge in [-0.25, -0.2) is 0 Å². The molecular formula is C13H30N4. The second-order valence-corrected chi connectivity index (χ2v) is 4.65. The van der Waals surface area contributed by atoms with Crippen LogP contribution in [0.15, 0.2) is 4.99 Å². The number of rotatable bonds is 8. The molecule has 0 aromatic heterocycles. The molecule has 0 unspecified atom stereocenters. The third-order valence-electron chi connectivity index (χ3n) is 2.74. The van der Waals surface area contributed by atoms with Crippen molar-refractivity contribution in [3.63, 3.8) is 0 Å². The van der Waals surface area contributed by atoms with Crippen LogP contribution in [0.25, 0.3) is 0 Å². The summed E-state index contributed by atoms with van der Waals surface area (Å²) in [5.74, 6) is 1.56. The molecule has 0 radical (unpaired) electrons. The second kappa shape index (κ2) is 10.4. The van der Waals surface area contributed by atoms with Crippen molar-refractivity contribution >= 4 is 5.96 Å². The molecule has 0 bridgehead atoms. The Morgan fingerprint density at radius 1 is 1.18 bits per heavy atom. The van der Waals surface area contributed by atoms with Gasteiger partial charge in [0.05, 0.1) is 0 Å². The molecule has 4 nitrogen and oxygen atoms in total. The summed E-state index contributed by atoms with van der Waals surface area (Å²) in [6, 6.07) is 0. The topological polar surface area (TPSA) is 39.7 Å². The van der Waals surface area contributed by atoms with Crippen LogP contribution in [-0.4, -0.2) is 50.6 Å². The molecule has 0 aromatic rings. The van der Waals surface area contributed by atoms with E-state index >= 15 is 0 Å². The average molecular weight is 242 g/mol. The van der Waals surface area contributed by atoms with Crippen LogP contribution >= 0.6 is 0 Å². The molecule has 0 amide bonds. The molecule has 0 atom stereocenters. The van der Waals surface area contributed by atoms with Gasteiger partial charge in [-0.2, -0.15) is 0 Å². The van der Waals surface area contributed by atoms with Crippen molar-refractivity contribution in [2.24, 2.45) is 10.9 Å². The van der Waals surface area contributed by atoms with Crippen LogP contribution in [0.5, 0.6) is 0 Å². The summed E-state index contributed by atoms with van der Waals surface area (Å²) in [6.07, 6.45) is 1.16. The lowest BCUT2D eigenvalue weighted by atomic mass is 10.2. The van der Waals surface area contributed by atoms with Crippen LogP contribution in [0.1, 0.15) is 34.1 Å². The molecule has 0 aliphatic heterocycles. The summed E-state index contributed by atoms with van der Waals surface area (Å²) in [4.78, 5) is 6.63. The fourth-order valence-corrected chi connectivity index (χ4v) is 1.57. The zero-order valence-corrected chi connectivity index (χ0v) is 12.2. The van der Waals surface area contributed by atoms with Gasteiger partial charge in [-0.3, -0.25) is 4.99 Å². The summed E-state index contributed by atoms with van der Waals surface area (Å²) < 4.78 is 0. The lowest BCUT2D eigenvalue weighted by molar-refractivity contribution is 0.300. The average Bonchev–Trinajstić information content (AvgIpc) is 2.32. The zero-order valence-electron chi connectivity index (χ0n) is 12.2. The van der Waals surface area contributed by atoms with Crippen molar-refractivity contribution in [2.45, 2.75) is 34.1 Å². The first-order valence-corrected chi connectivity index (χ1v) is 6.80. The number of hydrogen-bond acceptors (Lipinski definition) is 2. The number of nitrogens with zero attached hydrogens (tertiary/aromatic N) is 2. The maximum absolute atomic E-state index is 4.20. The van der Waals surface area contributed by atoms with E-state index in [1.54, 1.807) is 0 Å². The Labute approximate surface area is 107 Å². The Kier molecular flexibility index (Phi) is 9.92. The lowest BCUT2D eigenvalue weighted by Gasteiger charge is -2.18. The Bertz CT molecular complexity index is 198. The van der Waals surface area contributed by atoms with Crippen LogP contribution in [0.4, 0.5) is 0 Å². The van der Waals surface area contributed by atoms with Gasteiger partial charge < -0.3 is 15.5 Å². The fourth-order valence-electron chi connectivity index (χ4n) is 1.57. The molecule has 0 aromatic carbocycles. The van der Waals surface area contributed by atoms with E-state index in [4.69, 9.17) is 0 Å². The normalized spacial score (nSPS) is 12.3. The lowest BCUT2D eigenvalue weighted by Crippen LogP contribution is -2.40. The van der Waals surface area contributed by atoms with Gasteiger partial charge in [-0.15, -0.1) is 0 Å². The molecule has 0 spiro atoms. The fraction of sp³-hybridized carbons (Fsp3) is 0.923. The van der Waals surface area contributed by atoms with Crippen molar-refractivity contribution < 1.29 is 0 Å². The van der Waals surface area contributed by atoms with Crippen LogP contribution in [0.3, 0.4) is 0 Å². The van der Waals surface area contributed by atoms with Crippen molar-refractivity contribution in [1.82, 2.24) is 15.5 Å². The van der Waals surface area contributed by atoms with Crippen molar-refractivity contribution in [2.75, 3.05) is 39.8 Å². The molecule has 0 saturated heterocycles. The van der Waals surface area contributed by atoms with Gasteiger partial charge in [0.1, 0.15) is 0 Å². The highest BCUT2D eigenvalue weighted by molar-refractivity contribution is 5.79. The molecule has 0 fully saturated rings. The number of nitrogens with one attached hydrogen (secondary N) is 2. The van der Waals surface area contributed by atoms with E-state index in [2.05, 4.69) is 48.2 Å². The van der Waals surface area contributed by atoms with Gasteiger partial charge in [-0.1, -0.05) is 27.7 Å². The van der Waals surface area contributed by atoms with Gasteiger partial charge in [0.2, 0.25) is 0 Å². The van der Waals surface area contributed by atoms with E-state index in [1.807, 2.05) is 7.05 Å². The van der Waals surface area contributed by atoms with Gasteiger partial charge in [0.15, 0.2) is 5.96 Å². The molecule has 0 heterocycles. The largest absolute Gasteiger partial charge is 0.356 e. The number of guanidine groups is 1. The van der Waals surface area contributed by atoms with Crippen molar-refractivity contribution in [3.8, 4) is 0 Å². The molecule has 0 saturated carbocycles. The Morgan fingerprint density at radius 2 is 1.82 bits per heavy atom. The Hall–Kier alpha value is -0.770. The quantitative estimate of drug-likeness (QED) is 0.385. The first kappa shape index (κ1) is 16.2. The van der Waals surface area contributed by atoms with Gasteiger partial charge in [0.25, 0.3) is 0 Å². The number of aliphatic imine (C=N–C) groups is 1. The predicted molar refractivity (Wildman–Crippen MR) is 76.6 cm³/mol. The molecule has 4 heteroatoms. The highest BCUT2D eigenvalue weighted by Crippen LogP contribution is 1.90. The molecule has 0 aliphatic carbocycles. The molecule has 0 rings (SSSR count). The smallest absolute Gasteiger partial charge is 0.190 e. The number of hydrogen-bond donors (Lipinski definition) is 2. The maximum atomic E-state index is 4.20. The van der Waals surface area contributed by atoms with Crippen LogP contribution in [0.2, 0.25) is 0 Å². The standard InChI is InChI=1S/C13H30N4/c1-6-17(7-2)10-8-9-15-13(14-5)16-11-12(3)4/h12H,6-11H2,1-5H3,(H2,14,15,16). The molecule has 2 N–H and O–H groups in total. The molecule has 17 heavy (non-hydrogen) atoms. The summed E-state index contributed by atoms with van der Waals surface area (Å²) in [5.41, 5.74) is 0. The van der Waals surface area contributed by atoms with Gasteiger partial charge >= 0.3 is 0 Å². The Balaban J connectivity index is 3.63. The van der Waals surface area contributed by atoms with Crippen molar-refractivity contribution in [3.05, 3.63) is 0 Å². The summed E-state index contributed by atoms with van der Waals surface area (Å²) in [6.45, 7) is 14.2. The minimum Gasteiger partial charge on any atom is -0.356 e. The van der Waals surface area contributed by atoms with Crippen molar-refractivity contribution in [1.29, 1.82) is 0 Å². The van der Waals surface area contributed by atoms with E-state index in [0.29, 0.717) is 5.92 Å². The SMILES string of the molecule is CCN(CC)CCCNC(=NC)NCC(C)C. The van der Waals surface area contributed by atoms with E-state index in [0.717, 1.165) is 45.1 Å². The highest BCUT2D eigenvalue weighted by atomic mass is 15.2. The predicted octanol–water partition coefficient (Wildman–Crippen LogP) is 1.54. The monoisotopic (exact) mass is 242 g/mol. The third-order valence-corrected chi connectivity index (χ3v) is 2.74. The van der Waals surface area contributed by atoms with E-state index in [1.165, 1.54) is 0 Å². The van der Waals surface area contributed by atoms with Gasteiger partial charge in [-0.05, 0) is 32.0 Å². The van der Waals surface area contributed by atoms with Gasteiger partial charge in [0, 0.05) is 20.1 Å². The van der Waals surface area contributed by atoms with Crippen LogP contribution in [0, 0.1) is 5.92 Å². The summed E-state index contributed by atoms with van der Waals surface area (Å²) in [7, 11) is 1.82. The van der Waals surface area contributed by atoms with E-state index in [-0.39, 0.29) is 0 Å². The maximum Gasteiger partial charge on any atom is 0.190 e. The minimum atomic E-state index is 0.643. The first-order valence-electron chi connectivity index (χ1n) is 6.80. The molecule has 0 aliphatic rings. The highest BCUT2D eigenvalue weighted by Gasteiger charge is 2.00. The Morgan fingerprint density at radius 3 is 2.29 bits per heavy atom. The van der Waals surface area contributed by atoms with E-state index < -0.39 is 0 Å². The summed E-state index contributed by atoms with van der Waals surface area (Å²) >= 11 is 0. The molecular weight excluding hydrogens is 212 g/mol. The third kappa shape index (κ3) is 8.98. The minimum absolute atomic E-state index is 0.643. The first-order chi connectivity index (χ1) is 8.13. The summed E-state index contributed by atoms with van der Waals surface area (Å²) in [5, 5.41) is 6.65. The van der Waals surface area contributed by atoms with Crippen LogP contribution in [-0.2, 0) is 0 Å². The second-order valence-electron chi connectivity index (χ2n) is 4.65. The molecule has 102 valence electrons. The van der Waals surface area contributed by atoms with Crippen LogP contribution < -0.4 is 10.6 Å².